The van der Waals surface area contributed by atoms with Crippen molar-refractivity contribution in [2.24, 2.45) is 5.92 Å². The lowest BCUT2D eigenvalue weighted by Crippen LogP contribution is -2.14. The predicted octanol–water partition coefficient (Wildman–Crippen LogP) is 2.21. The Kier molecular flexibility index (Phi) is 7.51. The van der Waals surface area contributed by atoms with Gasteiger partial charge in [-0.1, -0.05) is 26.7 Å². The van der Waals surface area contributed by atoms with Crippen LogP contribution in [0.1, 0.15) is 39.5 Å². The maximum atomic E-state index is 9.34. The van der Waals surface area contributed by atoms with E-state index in [-0.39, 0.29) is 6.10 Å². The standard InChI is InChI=1S/C10H22O2/c1-4-5-9(2)6-7-10(11)8-12-3/h9-11H,4-8H2,1-3H3. The number of rotatable bonds is 7. The summed E-state index contributed by atoms with van der Waals surface area (Å²) in [5.41, 5.74) is 0. The summed E-state index contributed by atoms with van der Waals surface area (Å²) in [4.78, 5) is 0. The minimum Gasteiger partial charge on any atom is -0.391 e. The molecule has 0 aromatic rings. The van der Waals surface area contributed by atoms with Gasteiger partial charge in [-0.3, -0.25) is 0 Å². The molecule has 0 aliphatic carbocycles. The molecule has 0 aliphatic rings. The first kappa shape index (κ1) is 11.9. The molecule has 0 saturated heterocycles. The Morgan fingerprint density at radius 3 is 2.42 bits per heavy atom. The molecule has 0 saturated carbocycles. The first-order chi connectivity index (χ1) is 5.70. The van der Waals surface area contributed by atoms with Crippen molar-refractivity contribution in [3.63, 3.8) is 0 Å². The summed E-state index contributed by atoms with van der Waals surface area (Å²) in [5.74, 6) is 0.738. The van der Waals surface area contributed by atoms with Gasteiger partial charge >= 0.3 is 0 Å². The second-order valence-corrected chi connectivity index (χ2v) is 3.58. The van der Waals surface area contributed by atoms with Crippen molar-refractivity contribution in [2.75, 3.05) is 13.7 Å². The Hall–Kier alpha value is -0.0800. The SMILES string of the molecule is CCCC(C)CCC(O)COC. The zero-order valence-corrected chi connectivity index (χ0v) is 8.55. The van der Waals surface area contributed by atoms with E-state index in [9.17, 15) is 5.11 Å². The lowest BCUT2D eigenvalue weighted by Gasteiger charge is -2.13. The molecule has 0 aromatic carbocycles. The van der Waals surface area contributed by atoms with Gasteiger partial charge in [-0.25, -0.2) is 0 Å². The van der Waals surface area contributed by atoms with Gasteiger partial charge in [0.25, 0.3) is 0 Å². The highest BCUT2D eigenvalue weighted by Gasteiger charge is 2.06. The first-order valence-electron chi connectivity index (χ1n) is 4.87. The third-order valence-corrected chi connectivity index (χ3v) is 2.13. The van der Waals surface area contributed by atoms with Crippen LogP contribution in [0.2, 0.25) is 0 Å². The Bertz CT molecular complexity index is 81.8. The number of hydrogen-bond acceptors (Lipinski definition) is 2. The highest BCUT2D eigenvalue weighted by molar-refractivity contribution is 4.58. The molecule has 0 heterocycles. The van der Waals surface area contributed by atoms with Gasteiger partial charge in [0.2, 0.25) is 0 Å². The smallest absolute Gasteiger partial charge is 0.0773 e. The molecule has 2 heteroatoms. The third kappa shape index (κ3) is 6.62. The molecule has 0 rings (SSSR count). The van der Waals surface area contributed by atoms with Crippen molar-refractivity contribution in [2.45, 2.75) is 45.6 Å². The second-order valence-electron chi connectivity index (χ2n) is 3.58. The third-order valence-electron chi connectivity index (χ3n) is 2.13. The summed E-state index contributed by atoms with van der Waals surface area (Å²) in [6.45, 7) is 4.91. The van der Waals surface area contributed by atoms with Crippen LogP contribution < -0.4 is 0 Å². The largest absolute Gasteiger partial charge is 0.391 e. The minimum absolute atomic E-state index is 0.269. The van der Waals surface area contributed by atoms with Crippen LogP contribution in [0.5, 0.6) is 0 Å². The Balaban J connectivity index is 3.27. The van der Waals surface area contributed by atoms with Gasteiger partial charge in [-0.2, -0.15) is 0 Å². The van der Waals surface area contributed by atoms with Crippen LogP contribution in [-0.4, -0.2) is 24.9 Å². The van der Waals surface area contributed by atoms with Crippen LogP contribution in [0.15, 0.2) is 0 Å². The molecular formula is C10H22O2. The van der Waals surface area contributed by atoms with Gasteiger partial charge in [0.05, 0.1) is 12.7 Å². The van der Waals surface area contributed by atoms with E-state index in [0.717, 1.165) is 18.8 Å². The van der Waals surface area contributed by atoms with Crippen molar-refractivity contribution in [3.05, 3.63) is 0 Å². The van der Waals surface area contributed by atoms with Gasteiger partial charge in [0.15, 0.2) is 0 Å². The van der Waals surface area contributed by atoms with Crippen molar-refractivity contribution in [3.8, 4) is 0 Å². The zero-order valence-electron chi connectivity index (χ0n) is 8.55. The fourth-order valence-corrected chi connectivity index (χ4v) is 1.39. The van der Waals surface area contributed by atoms with E-state index in [1.54, 1.807) is 7.11 Å². The number of aliphatic hydroxyl groups excluding tert-OH is 1. The lowest BCUT2D eigenvalue weighted by atomic mass is 9.98. The Labute approximate surface area is 75.9 Å². The van der Waals surface area contributed by atoms with E-state index in [4.69, 9.17) is 4.74 Å². The second kappa shape index (κ2) is 7.56. The Morgan fingerprint density at radius 1 is 1.25 bits per heavy atom. The molecule has 2 unspecified atom stereocenters. The maximum Gasteiger partial charge on any atom is 0.0773 e. The van der Waals surface area contributed by atoms with Crippen molar-refractivity contribution in [1.82, 2.24) is 0 Å². The number of aliphatic hydroxyl groups is 1. The first-order valence-corrected chi connectivity index (χ1v) is 4.87. The molecule has 0 spiro atoms. The van der Waals surface area contributed by atoms with Gasteiger partial charge in [0, 0.05) is 7.11 Å². The van der Waals surface area contributed by atoms with E-state index < -0.39 is 0 Å². The molecule has 74 valence electrons. The molecule has 0 bridgehead atoms. The monoisotopic (exact) mass is 174 g/mol. The molecule has 0 radical (unpaired) electrons. The fraction of sp³-hybridized carbons (Fsp3) is 1.00. The highest BCUT2D eigenvalue weighted by Crippen LogP contribution is 2.13. The number of ether oxygens (including phenoxy) is 1. The number of hydrogen-bond donors (Lipinski definition) is 1. The van der Waals surface area contributed by atoms with Gasteiger partial charge < -0.3 is 9.84 Å². The summed E-state index contributed by atoms with van der Waals surface area (Å²) < 4.78 is 4.85. The van der Waals surface area contributed by atoms with Crippen molar-refractivity contribution in [1.29, 1.82) is 0 Å². The van der Waals surface area contributed by atoms with Crippen molar-refractivity contribution >= 4 is 0 Å². The average Bonchev–Trinajstić information content (AvgIpc) is 2.02. The predicted molar refractivity (Wildman–Crippen MR) is 51.2 cm³/mol. The summed E-state index contributed by atoms with van der Waals surface area (Å²) >= 11 is 0. The molecule has 0 fully saturated rings. The van der Waals surface area contributed by atoms with Crippen molar-refractivity contribution < 1.29 is 9.84 Å². The summed E-state index contributed by atoms with van der Waals surface area (Å²) in [7, 11) is 1.62. The molecule has 0 aliphatic heterocycles. The van der Waals surface area contributed by atoms with E-state index >= 15 is 0 Å². The average molecular weight is 174 g/mol. The van der Waals surface area contributed by atoms with E-state index in [0.29, 0.717) is 6.61 Å². The zero-order chi connectivity index (χ0) is 9.40. The van der Waals surface area contributed by atoms with E-state index in [1.807, 2.05) is 0 Å². The van der Waals surface area contributed by atoms with Gasteiger partial charge in [-0.05, 0) is 18.8 Å². The van der Waals surface area contributed by atoms with E-state index in [2.05, 4.69) is 13.8 Å². The normalized spacial score (nSPS) is 16.0. The van der Waals surface area contributed by atoms with Crippen LogP contribution in [0.4, 0.5) is 0 Å². The molecule has 0 aromatic heterocycles. The van der Waals surface area contributed by atoms with Gasteiger partial charge in [0.1, 0.15) is 0 Å². The molecule has 2 atom stereocenters. The maximum absolute atomic E-state index is 9.34. The quantitative estimate of drug-likeness (QED) is 0.641. The van der Waals surface area contributed by atoms with Crippen LogP contribution in [0, 0.1) is 5.92 Å². The topological polar surface area (TPSA) is 29.5 Å². The lowest BCUT2D eigenvalue weighted by molar-refractivity contribution is 0.0552. The minimum atomic E-state index is -0.269. The summed E-state index contributed by atoms with van der Waals surface area (Å²) in [6.07, 6.45) is 4.21. The van der Waals surface area contributed by atoms with Crippen LogP contribution in [0.25, 0.3) is 0 Å². The fourth-order valence-electron chi connectivity index (χ4n) is 1.39. The molecule has 12 heavy (non-hydrogen) atoms. The highest BCUT2D eigenvalue weighted by atomic mass is 16.5. The molecule has 1 N–H and O–H groups in total. The summed E-state index contributed by atoms with van der Waals surface area (Å²) in [5, 5.41) is 9.34. The Morgan fingerprint density at radius 2 is 1.92 bits per heavy atom. The number of methoxy groups -OCH3 is 1. The van der Waals surface area contributed by atoms with Crippen LogP contribution >= 0.6 is 0 Å². The van der Waals surface area contributed by atoms with Crippen LogP contribution in [0.3, 0.4) is 0 Å². The van der Waals surface area contributed by atoms with Crippen LogP contribution in [-0.2, 0) is 4.74 Å². The molecule has 2 nitrogen and oxygen atoms in total. The van der Waals surface area contributed by atoms with Gasteiger partial charge in [-0.15, -0.1) is 0 Å². The molecular weight excluding hydrogens is 152 g/mol. The van der Waals surface area contributed by atoms with E-state index in [1.165, 1.54) is 12.8 Å². The summed E-state index contributed by atoms with van der Waals surface area (Å²) in [6, 6.07) is 0. The molecule has 0 amide bonds.